The molecule has 0 heterocycles. The van der Waals surface area contributed by atoms with Crippen molar-refractivity contribution in [3.63, 3.8) is 0 Å². The van der Waals surface area contributed by atoms with E-state index >= 15 is 0 Å². The maximum Gasteiger partial charge on any atom is 0.255 e. The molecule has 6 nitrogen and oxygen atoms in total. The van der Waals surface area contributed by atoms with Gasteiger partial charge in [-0.3, -0.25) is 4.79 Å². The van der Waals surface area contributed by atoms with Crippen molar-refractivity contribution in [1.29, 1.82) is 0 Å². The number of carbonyl (C=O) groups excluding carboxylic acids is 1. The van der Waals surface area contributed by atoms with Gasteiger partial charge in [-0.2, -0.15) is 9.41 Å². The number of halogens is 2. The van der Waals surface area contributed by atoms with E-state index in [0.29, 0.717) is 10.6 Å². The molecule has 0 unspecified atom stereocenters. The number of sulfonamides is 1. The minimum Gasteiger partial charge on any atom is -0.272 e. The van der Waals surface area contributed by atoms with E-state index in [-0.39, 0.29) is 11.4 Å². The fourth-order valence-corrected chi connectivity index (χ4v) is 4.56. The topological polar surface area (TPSA) is 78.8 Å². The van der Waals surface area contributed by atoms with Crippen molar-refractivity contribution in [3.8, 4) is 0 Å². The molecular weight excluding hydrogens is 502 g/mol. The molecule has 1 N–H and O–H groups in total. The van der Waals surface area contributed by atoms with Crippen molar-refractivity contribution in [2.75, 3.05) is 6.54 Å². The summed E-state index contributed by atoms with van der Waals surface area (Å²) in [5, 5.41) is 4.38. The summed E-state index contributed by atoms with van der Waals surface area (Å²) < 4.78 is 28.3. The van der Waals surface area contributed by atoms with Gasteiger partial charge in [-0.25, -0.2) is 13.8 Å². The predicted octanol–water partition coefficient (Wildman–Crippen LogP) is 4.44. The lowest BCUT2D eigenvalue weighted by atomic mass is 10.2. The van der Waals surface area contributed by atoms with Crippen LogP contribution in [0.2, 0.25) is 5.02 Å². The molecule has 0 aromatic heterocycles. The first kappa shape index (κ1) is 23.1. The zero-order chi connectivity index (χ0) is 22.3. The first-order valence-electron chi connectivity index (χ1n) is 9.22. The van der Waals surface area contributed by atoms with Crippen molar-refractivity contribution < 1.29 is 13.2 Å². The first-order valence-corrected chi connectivity index (χ1v) is 11.8. The van der Waals surface area contributed by atoms with E-state index in [1.54, 1.807) is 54.6 Å². The van der Waals surface area contributed by atoms with Gasteiger partial charge in [-0.15, -0.1) is 0 Å². The number of amides is 1. The van der Waals surface area contributed by atoms with Crippen molar-refractivity contribution in [2.24, 2.45) is 5.10 Å². The van der Waals surface area contributed by atoms with Gasteiger partial charge < -0.3 is 0 Å². The van der Waals surface area contributed by atoms with Crippen LogP contribution >= 0.6 is 27.5 Å². The van der Waals surface area contributed by atoms with Crippen LogP contribution in [0.4, 0.5) is 0 Å². The normalized spacial score (nSPS) is 11.7. The molecule has 1 amide bonds. The molecule has 0 aliphatic rings. The summed E-state index contributed by atoms with van der Waals surface area (Å²) in [4.78, 5) is 12.6. The summed E-state index contributed by atoms with van der Waals surface area (Å²) in [7, 11) is -3.90. The van der Waals surface area contributed by atoms with Crippen LogP contribution in [-0.2, 0) is 21.4 Å². The number of rotatable bonds is 8. The zero-order valence-electron chi connectivity index (χ0n) is 16.3. The highest BCUT2D eigenvalue weighted by Crippen LogP contribution is 2.19. The lowest BCUT2D eigenvalue weighted by Crippen LogP contribution is -2.39. The van der Waals surface area contributed by atoms with E-state index < -0.39 is 22.5 Å². The van der Waals surface area contributed by atoms with Crippen LogP contribution in [0.1, 0.15) is 11.1 Å². The first-order chi connectivity index (χ1) is 14.9. The van der Waals surface area contributed by atoms with Crippen LogP contribution in [0, 0.1) is 0 Å². The maximum atomic E-state index is 13.2. The summed E-state index contributed by atoms with van der Waals surface area (Å²) in [6.45, 7) is -0.362. The Bertz CT molecular complexity index is 1170. The SMILES string of the molecule is O=C(CN(Cc1ccc(Br)cc1)S(=O)(=O)c1ccccc1)N/N=C\c1ccccc1Cl. The second kappa shape index (κ2) is 10.7. The van der Waals surface area contributed by atoms with Crippen molar-refractivity contribution in [2.45, 2.75) is 11.4 Å². The summed E-state index contributed by atoms with van der Waals surface area (Å²) >= 11 is 9.42. The Morgan fingerprint density at radius 1 is 1.00 bits per heavy atom. The molecule has 31 heavy (non-hydrogen) atoms. The Labute approximate surface area is 194 Å². The monoisotopic (exact) mass is 519 g/mol. The van der Waals surface area contributed by atoms with Crippen molar-refractivity contribution >= 4 is 49.7 Å². The average Bonchev–Trinajstić information content (AvgIpc) is 2.77. The molecule has 3 aromatic carbocycles. The molecule has 0 bridgehead atoms. The number of benzene rings is 3. The second-order valence-electron chi connectivity index (χ2n) is 6.53. The Morgan fingerprint density at radius 2 is 1.65 bits per heavy atom. The molecule has 0 atom stereocenters. The van der Waals surface area contributed by atoms with Gasteiger partial charge >= 0.3 is 0 Å². The molecule has 3 rings (SSSR count). The number of hydrogen-bond acceptors (Lipinski definition) is 4. The third-order valence-electron chi connectivity index (χ3n) is 4.27. The predicted molar refractivity (Wildman–Crippen MR) is 125 cm³/mol. The fraction of sp³-hybridized carbons (Fsp3) is 0.0909. The quantitative estimate of drug-likeness (QED) is 0.352. The van der Waals surface area contributed by atoms with E-state index in [1.807, 2.05) is 12.1 Å². The number of carbonyl (C=O) groups is 1. The minimum atomic E-state index is -3.90. The minimum absolute atomic E-state index is 0.0339. The molecule has 0 radical (unpaired) electrons. The highest BCUT2D eigenvalue weighted by molar-refractivity contribution is 9.10. The molecule has 0 fully saturated rings. The van der Waals surface area contributed by atoms with Crippen LogP contribution in [0.15, 0.2) is 93.3 Å². The van der Waals surface area contributed by atoms with Gasteiger partial charge in [0, 0.05) is 21.6 Å². The zero-order valence-corrected chi connectivity index (χ0v) is 19.4. The third kappa shape index (κ3) is 6.48. The van der Waals surface area contributed by atoms with Gasteiger partial charge in [0.05, 0.1) is 17.7 Å². The smallest absolute Gasteiger partial charge is 0.255 e. The molecule has 3 aromatic rings. The number of nitrogens with zero attached hydrogens (tertiary/aromatic N) is 2. The Morgan fingerprint density at radius 3 is 2.32 bits per heavy atom. The van der Waals surface area contributed by atoms with Gasteiger partial charge in [-0.05, 0) is 35.9 Å². The van der Waals surface area contributed by atoms with Crippen LogP contribution in [0.3, 0.4) is 0 Å². The highest BCUT2D eigenvalue weighted by atomic mass is 79.9. The van der Waals surface area contributed by atoms with Gasteiger partial charge in [0.15, 0.2) is 0 Å². The maximum absolute atomic E-state index is 13.2. The molecular formula is C22H19BrClN3O3S. The third-order valence-corrected chi connectivity index (χ3v) is 6.95. The Hall–Kier alpha value is -2.52. The summed E-state index contributed by atoms with van der Waals surface area (Å²) in [6.07, 6.45) is 1.41. The average molecular weight is 521 g/mol. The Kier molecular flexibility index (Phi) is 7.97. The van der Waals surface area contributed by atoms with Crippen LogP contribution in [0.5, 0.6) is 0 Å². The highest BCUT2D eigenvalue weighted by Gasteiger charge is 2.26. The molecule has 160 valence electrons. The Balaban J connectivity index is 1.78. The van der Waals surface area contributed by atoms with Crippen LogP contribution < -0.4 is 5.43 Å². The molecule has 0 aliphatic carbocycles. The van der Waals surface area contributed by atoms with E-state index in [9.17, 15) is 13.2 Å². The van der Waals surface area contributed by atoms with Gasteiger partial charge in [0.25, 0.3) is 5.91 Å². The lowest BCUT2D eigenvalue weighted by molar-refractivity contribution is -0.121. The van der Waals surface area contributed by atoms with E-state index in [0.717, 1.165) is 14.3 Å². The molecule has 0 saturated carbocycles. The molecule has 9 heteroatoms. The summed E-state index contributed by atoms with van der Waals surface area (Å²) in [5.74, 6) is -0.570. The number of nitrogens with one attached hydrogen (secondary N) is 1. The van der Waals surface area contributed by atoms with Crippen LogP contribution in [-0.4, -0.2) is 31.4 Å². The van der Waals surface area contributed by atoms with Gasteiger partial charge in [-0.1, -0.05) is 76.1 Å². The fourth-order valence-electron chi connectivity index (χ4n) is 2.71. The van der Waals surface area contributed by atoms with E-state index in [1.165, 1.54) is 18.3 Å². The summed E-state index contributed by atoms with van der Waals surface area (Å²) in [6, 6.07) is 22.3. The molecule has 0 saturated heterocycles. The molecule has 0 aliphatic heterocycles. The van der Waals surface area contributed by atoms with Crippen molar-refractivity contribution in [1.82, 2.24) is 9.73 Å². The number of hydrazone groups is 1. The number of hydrogen-bond donors (Lipinski definition) is 1. The molecule has 0 spiro atoms. The standard InChI is InChI=1S/C22H19BrClN3O3S/c23-19-12-10-17(11-13-19)15-27(31(29,30)20-7-2-1-3-8-20)16-22(28)26-25-14-18-6-4-5-9-21(18)24/h1-14H,15-16H2,(H,26,28)/b25-14-. The van der Waals surface area contributed by atoms with Crippen LogP contribution in [0.25, 0.3) is 0 Å². The van der Waals surface area contributed by atoms with Gasteiger partial charge in [0.2, 0.25) is 10.0 Å². The van der Waals surface area contributed by atoms with Gasteiger partial charge in [0.1, 0.15) is 0 Å². The van der Waals surface area contributed by atoms with E-state index in [2.05, 4.69) is 26.5 Å². The lowest BCUT2D eigenvalue weighted by Gasteiger charge is -2.21. The summed E-state index contributed by atoms with van der Waals surface area (Å²) in [5.41, 5.74) is 3.74. The second-order valence-corrected chi connectivity index (χ2v) is 9.79. The van der Waals surface area contributed by atoms with E-state index in [4.69, 9.17) is 11.6 Å². The van der Waals surface area contributed by atoms with Crippen molar-refractivity contribution in [3.05, 3.63) is 99.5 Å². The largest absolute Gasteiger partial charge is 0.272 e.